The summed E-state index contributed by atoms with van der Waals surface area (Å²) in [7, 11) is 0. The Kier molecular flexibility index (Phi) is 9.11. The summed E-state index contributed by atoms with van der Waals surface area (Å²) in [6, 6.07) is 92.4. The van der Waals surface area contributed by atoms with Crippen molar-refractivity contribution >= 4 is 32.3 Å². The maximum atomic E-state index is 5.47. The summed E-state index contributed by atoms with van der Waals surface area (Å²) in [5.41, 5.74) is 16.5. The van der Waals surface area contributed by atoms with Crippen molar-refractivity contribution < 1.29 is 0 Å². The van der Waals surface area contributed by atoms with Crippen molar-refractivity contribution in [3.63, 3.8) is 0 Å². The van der Waals surface area contributed by atoms with Gasteiger partial charge in [-0.1, -0.05) is 249 Å². The molecule has 1 aromatic heterocycles. The smallest absolute Gasteiger partial charge is 0.160 e. The van der Waals surface area contributed by atoms with Crippen LogP contribution in [0.2, 0.25) is 0 Å². The van der Waals surface area contributed by atoms with Crippen LogP contribution in [0.25, 0.3) is 99.6 Å². The lowest BCUT2D eigenvalue weighted by Gasteiger charge is -2.35. The van der Waals surface area contributed by atoms with Crippen LogP contribution in [0.3, 0.4) is 0 Å². The van der Waals surface area contributed by atoms with Crippen molar-refractivity contribution in [3.8, 4) is 67.3 Å². The molecule has 0 saturated heterocycles. The first-order valence-electron chi connectivity index (χ1n) is 23.1. The second kappa shape index (κ2) is 15.8. The van der Waals surface area contributed by atoms with Gasteiger partial charge in [-0.05, 0) is 94.0 Å². The zero-order valence-electron chi connectivity index (χ0n) is 36.6. The molecule has 1 aliphatic carbocycles. The SMILES string of the molecule is c1ccc(-c2nc(-c3ccc(-c4c5ccccc5c(-c5ccccc5)c5c4ccc4ccccc45)cc3)cc(-c3cccc4c3C(c3ccccc3)(c3ccccc3)c3ccccc3-4)n2)cc1. The Hall–Kier alpha value is -8.72. The third kappa shape index (κ3) is 6.11. The molecule has 0 spiro atoms. The van der Waals surface area contributed by atoms with Crippen LogP contribution in [-0.2, 0) is 5.41 Å². The van der Waals surface area contributed by atoms with Gasteiger partial charge in [-0.2, -0.15) is 0 Å². The second-order valence-electron chi connectivity index (χ2n) is 17.5. The number of hydrogen-bond donors (Lipinski definition) is 0. The van der Waals surface area contributed by atoms with Crippen LogP contribution in [0, 0.1) is 0 Å². The van der Waals surface area contributed by atoms with Crippen molar-refractivity contribution in [2.24, 2.45) is 0 Å². The fourth-order valence-corrected chi connectivity index (χ4v) is 11.1. The van der Waals surface area contributed by atoms with E-state index in [1.165, 1.54) is 82.4 Å². The standard InChI is InChI=1S/C65H42N2/c1-5-21-45(22-6-1)61-53-32-16-15-31-52(53)60(56-41-40-43-20-13-14-29-50(43)62(56)61)46-38-36-44(37-39-46)58-42-59(67-64(66-58)47-23-7-2-8-24-47)55-34-19-33-54-51-30-17-18-35-57(51)65(63(54)55,48-25-9-3-10-26-48)49-27-11-4-12-28-49/h1-42H. The molecule has 0 amide bonds. The molecule has 0 radical (unpaired) electrons. The third-order valence-electron chi connectivity index (χ3n) is 14.0. The zero-order valence-corrected chi connectivity index (χ0v) is 36.6. The van der Waals surface area contributed by atoms with E-state index in [0.29, 0.717) is 5.82 Å². The van der Waals surface area contributed by atoms with E-state index >= 15 is 0 Å². The van der Waals surface area contributed by atoms with Gasteiger partial charge in [0, 0.05) is 16.7 Å². The van der Waals surface area contributed by atoms with Crippen molar-refractivity contribution in [3.05, 3.63) is 277 Å². The van der Waals surface area contributed by atoms with Crippen LogP contribution in [0.4, 0.5) is 0 Å². The molecule has 0 atom stereocenters. The minimum atomic E-state index is -0.586. The van der Waals surface area contributed by atoms with E-state index in [1.54, 1.807) is 0 Å². The Balaban J connectivity index is 1.03. The predicted molar refractivity (Wildman–Crippen MR) is 279 cm³/mol. The Labute approximate surface area is 390 Å². The first-order valence-corrected chi connectivity index (χ1v) is 23.1. The van der Waals surface area contributed by atoms with Crippen molar-refractivity contribution in [2.45, 2.75) is 5.41 Å². The summed E-state index contributed by atoms with van der Waals surface area (Å²) < 4.78 is 0. The van der Waals surface area contributed by atoms with Gasteiger partial charge in [0.15, 0.2) is 5.82 Å². The summed E-state index contributed by atoms with van der Waals surface area (Å²) in [5.74, 6) is 0.690. The highest BCUT2D eigenvalue weighted by Gasteiger charge is 2.47. The molecular weight excluding hydrogens is 809 g/mol. The van der Waals surface area contributed by atoms with E-state index in [4.69, 9.17) is 9.97 Å². The summed E-state index contributed by atoms with van der Waals surface area (Å²) in [5, 5.41) is 7.46. The monoisotopic (exact) mass is 850 g/mol. The lowest BCUT2D eigenvalue weighted by atomic mass is 9.66. The molecule has 0 bridgehead atoms. The lowest BCUT2D eigenvalue weighted by molar-refractivity contribution is 0.769. The van der Waals surface area contributed by atoms with Crippen molar-refractivity contribution in [2.75, 3.05) is 0 Å². The van der Waals surface area contributed by atoms with Crippen LogP contribution in [-0.4, -0.2) is 9.97 Å². The second-order valence-corrected chi connectivity index (χ2v) is 17.5. The predicted octanol–water partition coefficient (Wildman–Crippen LogP) is 16.6. The van der Waals surface area contributed by atoms with E-state index in [0.717, 1.165) is 33.6 Å². The first kappa shape index (κ1) is 38.7. The molecule has 312 valence electrons. The van der Waals surface area contributed by atoms with Crippen LogP contribution in [0.1, 0.15) is 22.3 Å². The summed E-state index contributed by atoms with van der Waals surface area (Å²) in [6.07, 6.45) is 0. The van der Waals surface area contributed by atoms with Crippen LogP contribution >= 0.6 is 0 Å². The number of aromatic nitrogens is 2. The normalized spacial score (nSPS) is 12.6. The minimum absolute atomic E-state index is 0.586. The minimum Gasteiger partial charge on any atom is -0.228 e. The van der Waals surface area contributed by atoms with Gasteiger partial charge in [0.2, 0.25) is 0 Å². The highest BCUT2D eigenvalue weighted by molar-refractivity contribution is 6.27. The fourth-order valence-electron chi connectivity index (χ4n) is 11.1. The van der Waals surface area contributed by atoms with E-state index in [-0.39, 0.29) is 0 Å². The highest BCUT2D eigenvalue weighted by atomic mass is 14.9. The summed E-state index contributed by atoms with van der Waals surface area (Å²) in [6.45, 7) is 0. The molecule has 0 fully saturated rings. The Bertz CT molecular complexity index is 3780. The molecule has 0 unspecified atom stereocenters. The number of hydrogen-bond acceptors (Lipinski definition) is 2. The van der Waals surface area contributed by atoms with Gasteiger partial charge < -0.3 is 0 Å². The molecule has 11 aromatic carbocycles. The summed E-state index contributed by atoms with van der Waals surface area (Å²) >= 11 is 0. The van der Waals surface area contributed by atoms with Gasteiger partial charge in [0.1, 0.15) is 0 Å². The molecule has 2 nitrogen and oxygen atoms in total. The fraction of sp³-hybridized carbons (Fsp3) is 0.0154. The molecule has 0 N–H and O–H groups in total. The molecule has 2 heteroatoms. The number of fused-ring (bicyclic) bond motifs is 7. The van der Waals surface area contributed by atoms with Gasteiger partial charge in [-0.3, -0.25) is 0 Å². The number of benzene rings is 11. The van der Waals surface area contributed by atoms with Gasteiger partial charge >= 0.3 is 0 Å². The molecule has 13 rings (SSSR count). The molecule has 0 aliphatic heterocycles. The topological polar surface area (TPSA) is 25.8 Å². The largest absolute Gasteiger partial charge is 0.228 e. The van der Waals surface area contributed by atoms with Gasteiger partial charge in [-0.15, -0.1) is 0 Å². The molecule has 1 heterocycles. The Morgan fingerprint density at radius 2 is 0.806 bits per heavy atom. The van der Waals surface area contributed by atoms with Gasteiger partial charge in [0.05, 0.1) is 16.8 Å². The highest BCUT2D eigenvalue weighted by Crippen LogP contribution is 2.58. The Morgan fingerprint density at radius 1 is 0.299 bits per heavy atom. The van der Waals surface area contributed by atoms with Crippen LogP contribution in [0.5, 0.6) is 0 Å². The first-order chi connectivity index (χ1) is 33.3. The van der Waals surface area contributed by atoms with Crippen LogP contribution in [0.15, 0.2) is 255 Å². The maximum absolute atomic E-state index is 5.47. The van der Waals surface area contributed by atoms with E-state index in [2.05, 4.69) is 249 Å². The lowest BCUT2D eigenvalue weighted by Crippen LogP contribution is -2.29. The average Bonchev–Trinajstić information content (AvgIpc) is 3.72. The third-order valence-corrected chi connectivity index (χ3v) is 14.0. The van der Waals surface area contributed by atoms with Crippen molar-refractivity contribution in [1.82, 2.24) is 9.97 Å². The molecule has 0 saturated carbocycles. The Morgan fingerprint density at radius 3 is 1.51 bits per heavy atom. The molecular formula is C65H42N2. The quantitative estimate of drug-likeness (QED) is 0.118. The average molecular weight is 851 g/mol. The number of rotatable bonds is 7. The molecule has 12 aromatic rings. The van der Waals surface area contributed by atoms with E-state index in [9.17, 15) is 0 Å². The van der Waals surface area contributed by atoms with Crippen molar-refractivity contribution in [1.29, 1.82) is 0 Å². The van der Waals surface area contributed by atoms with E-state index in [1.807, 2.05) is 6.07 Å². The molecule has 67 heavy (non-hydrogen) atoms. The van der Waals surface area contributed by atoms with Gasteiger partial charge in [0.25, 0.3) is 0 Å². The zero-order chi connectivity index (χ0) is 44.3. The maximum Gasteiger partial charge on any atom is 0.160 e. The number of nitrogens with zero attached hydrogens (tertiary/aromatic N) is 2. The molecule has 1 aliphatic rings. The van der Waals surface area contributed by atoms with Gasteiger partial charge in [-0.25, -0.2) is 9.97 Å². The van der Waals surface area contributed by atoms with E-state index < -0.39 is 5.41 Å². The van der Waals surface area contributed by atoms with Crippen LogP contribution < -0.4 is 0 Å². The summed E-state index contributed by atoms with van der Waals surface area (Å²) in [4.78, 5) is 10.8.